The summed E-state index contributed by atoms with van der Waals surface area (Å²) in [5.74, 6) is -0.0662. The van der Waals surface area contributed by atoms with Gasteiger partial charge in [-0.1, -0.05) is 24.3 Å². The Kier molecular flexibility index (Phi) is 3.62. The summed E-state index contributed by atoms with van der Waals surface area (Å²) in [6.07, 6.45) is 1.62. The maximum Gasteiger partial charge on any atom is 0.211 e. The van der Waals surface area contributed by atoms with Crippen molar-refractivity contribution in [3.63, 3.8) is 0 Å². The molecule has 0 amide bonds. The second-order valence-electron chi connectivity index (χ2n) is 3.68. The summed E-state index contributed by atoms with van der Waals surface area (Å²) in [6, 6.07) is 12.7. The number of aromatic nitrogens is 1. The Balaban J connectivity index is 2.28. The maximum atomic E-state index is 12.1. The van der Waals surface area contributed by atoms with Gasteiger partial charge in [0.2, 0.25) is 5.78 Å². The van der Waals surface area contributed by atoms with Crippen LogP contribution >= 0.6 is 0 Å². The van der Waals surface area contributed by atoms with Crippen LogP contribution in [0.1, 0.15) is 21.6 Å². The number of hydrogen-bond donors (Lipinski definition) is 0. The van der Waals surface area contributed by atoms with Gasteiger partial charge in [0.05, 0.1) is 6.61 Å². The molecule has 1 aromatic heterocycles. The predicted molar refractivity (Wildman–Crippen MR) is 64.8 cm³/mol. The number of hydrogen-bond acceptors (Lipinski definition) is 3. The van der Waals surface area contributed by atoms with Crippen LogP contribution in [0.25, 0.3) is 0 Å². The third kappa shape index (κ3) is 2.77. The summed E-state index contributed by atoms with van der Waals surface area (Å²) < 4.78 is 5.04. The van der Waals surface area contributed by atoms with Crippen LogP contribution in [-0.4, -0.2) is 17.9 Å². The number of pyridine rings is 1. The van der Waals surface area contributed by atoms with E-state index in [1.807, 2.05) is 18.2 Å². The van der Waals surface area contributed by atoms with Gasteiger partial charge in [-0.3, -0.25) is 9.78 Å². The predicted octanol–water partition coefficient (Wildman–Crippen LogP) is 2.46. The molecule has 0 aliphatic carbocycles. The molecule has 2 aromatic rings. The molecule has 0 N–H and O–H groups in total. The fourth-order valence-corrected chi connectivity index (χ4v) is 1.61. The minimum Gasteiger partial charge on any atom is -0.380 e. The first-order valence-electron chi connectivity index (χ1n) is 5.35. The number of benzene rings is 1. The van der Waals surface area contributed by atoms with Crippen LogP contribution in [-0.2, 0) is 11.3 Å². The Labute approximate surface area is 100 Å². The number of methoxy groups -OCH3 is 1. The van der Waals surface area contributed by atoms with E-state index >= 15 is 0 Å². The topological polar surface area (TPSA) is 39.2 Å². The first kappa shape index (κ1) is 11.5. The third-order valence-electron chi connectivity index (χ3n) is 2.40. The molecule has 0 aliphatic rings. The summed E-state index contributed by atoms with van der Waals surface area (Å²) in [5.41, 5.74) is 2.08. The second kappa shape index (κ2) is 5.37. The molecule has 3 heteroatoms. The molecule has 0 atom stereocenters. The number of ketones is 1. The van der Waals surface area contributed by atoms with Gasteiger partial charge in [0, 0.05) is 18.9 Å². The second-order valence-corrected chi connectivity index (χ2v) is 3.68. The third-order valence-corrected chi connectivity index (χ3v) is 2.40. The lowest BCUT2D eigenvalue weighted by atomic mass is 10.1. The molecule has 0 radical (unpaired) electrons. The molecule has 0 spiro atoms. The summed E-state index contributed by atoms with van der Waals surface area (Å²) in [5, 5.41) is 0. The van der Waals surface area contributed by atoms with E-state index in [2.05, 4.69) is 4.98 Å². The molecule has 0 saturated carbocycles. The van der Waals surface area contributed by atoms with E-state index in [9.17, 15) is 4.79 Å². The fraction of sp³-hybridized carbons (Fsp3) is 0.143. The van der Waals surface area contributed by atoms with E-state index in [1.54, 1.807) is 37.6 Å². The van der Waals surface area contributed by atoms with E-state index < -0.39 is 0 Å². The fourth-order valence-electron chi connectivity index (χ4n) is 1.61. The van der Waals surface area contributed by atoms with Gasteiger partial charge in [0.1, 0.15) is 5.69 Å². The summed E-state index contributed by atoms with van der Waals surface area (Å²) in [4.78, 5) is 16.1. The highest BCUT2D eigenvalue weighted by atomic mass is 16.5. The minimum absolute atomic E-state index is 0.0662. The van der Waals surface area contributed by atoms with Crippen molar-refractivity contribution < 1.29 is 9.53 Å². The quantitative estimate of drug-likeness (QED) is 0.753. The largest absolute Gasteiger partial charge is 0.380 e. The number of ether oxygens (including phenoxy) is 1. The Bertz CT molecular complexity index is 509. The average Bonchev–Trinajstić information content (AvgIpc) is 2.40. The molecule has 0 fully saturated rings. The lowest BCUT2D eigenvalue weighted by Crippen LogP contribution is -2.04. The lowest BCUT2D eigenvalue weighted by Gasteiger charge is -2.03. The minimum atomic E-state index is -0.0662. The van der Waals surface area contributed by atoms with Crippen LogP contribution in [0.5, 0.6) is 0 Å². The Morgan fingerprint density at radius 2 is 2.12 bits per heavy atom. The first-order valence-corrected chi connectivity index (χ1v) is 5.35. The zero-order valence-electron chi connectivity index (χ0n) is 9.59. The monoisotopic (exact) mass is 227 g/mol. The molecule has 3 nitrogen and oxygen atoms in total. The number of carbonyl (C=O) groups is 1. The van der Waals surface area contributed by atoms with Crippen LogP contribution in [0.2, 0.25) is 0 Å². The highest BCUT2D eigenvalue weighted by molar-refractivity contribution is 6.07. The highest BCUT2D eigenvalue weighted by Gasteiger charge is 2.09. The van der Waals surface area contributed by atoms with Crippen LogP contribution in [0.15, 0.2) is 48.7 Å². The lowest BCUT2D eigenvalue weighted by molar-refractivity contribution is 0.103. The SMILES string of the molecule is COCc1cccc(C(=O)c2ccccn2)c1. The Morgan fingerprint density at radius 3 is 2.82 bits per heavy atom. The molecular weight excluding hydrogens is 214 g/mol. The van der Waals surface area contributed by atoms with E-state index in [1.165, 1.54) is 0 Å². The maximum absolute atomic E-state index is 12.1. The molecule has 0 unspecified atom stereocenters. The van der Waals surface area contributed by atoms with Crippen LogP contribution in [0, 0.1) is 0 Å². The Hall–Kier alpha value is -2.00. The summed E-state index contributed by atoms with van der Waals surface area (Å²) >= 11 is 0. The normalized spacial score (nSPS) is 10.2. The Morgan fingerprint density at radius 1 is 1.24 bits per heavy atom. The average molecular weight is 227 g/mol. The molecular formula is C14H13NO2. The van der Waals surface area contributed by atoms with E-state index in [4.69, 9.17) is 4.74 Å². The van der Waals surface area contributed by atoms with Gasteiger partial charge in [-0.25, -0.2) is 0 Å². The van der Waals surface area contributed by atoms with Crippen molar-refractivity contribution in [3.05, 3.63) is 65.5 Å². The molecule has 2 rings (SSSR count). The van der Waals surface area contributed by atoms with Crippen molar-refractivity contribution >= 4 is 5.78 Å². The number of rotatable bonds is 4. The van der Waals surface area contributed by atoms with Gasteiger partial charge in [-0.2, -0.15) is 0 Å². The molecule has 0 saturated heterocycles. The smallest absolute Gasteiger partial charge is 0.211 e. The van der Waals surface area contributed by atoms with Gasteiger partial charge >= 0.3 is 0 Å². The van der Waals surface area contributed by atoms with Crippen molar-refractivity contribution in [1.29, 1.82) is 0 Å². The van der Waals surface area contributed by atoms with Crippen molar-refractivity contribution in [1.82, 2.24) is 4.98 Å². The molecule has 0 bridgehead atoms. The zero-order valence-corrected chi connectivity index (χ0v) is 9.59. The van der Waals surface area contributed by atoms with E-state index in [0.717, 1.165) is 5.56 Å². The molecule has 1 heterocycles. The molecule has 1 aromatic carbocycles. The van der Waals surface area contributed by atoms with E-state index in [-0.39, 0.29) is 5.78 Å². The summed E-state index contributed by atoms with van der Waals surface area (Å²) in [7, 11) is 1.63. The van der Waals surface area contributed by atoms with Crippen molar-refractivity contribution in [3.8, 4) is 0 Å². The van der Waals surface area contributed by atoms with Gasteiger partial charge in [0.15, 0.2) is 0 Å². The number of nitrogens with zero attached hydrogens (tertiary/aromatic N) is 1. The molecule has 0 aliphatic heterocycles. The molecule has 86 valence electrons. The van der Waals surface area contributed by atoms with Gasteiger partial charge in [0.25, 0.3) is 0 Å². The standard InChI is InChI=1S/C14H13NO2/c1-17-10-11-5-4-6-12(9-11)14(16)13-7-2-3-8-15-13/h2-9H,10H2,1H3. The van der Waals surface area contributed by atoms with Crippen molar-refractivity contribution in [2.75, 3.05) is 7.11 Å². The van der Waals surface area contributed by atoms with Crippen molar-refractivity contribution in [2.24, 2.45) is 0 Å². The highest BCUT2D eigenvalue weighted by Crippen LogP contribution is 2.10. The van der Waals surface area contributed by atoms with Gasteiger partial charge in [-0.15, -0.1) is 0 Å². The number of carbonyl (C=O) groups excluding carboxylic acids is 1. The van der Waals surface area contributed by atoms with E-state index in [0.29, 0.717) is 17.9 Å². The van der Waals surface area contributed by atoms with Crippen molar-refractivity contribution in [2.45, 2.75) is 6.61 Å². The van der Waals surface area contributed by atoms with Crippen LogP contribution in [0.4, 0.5) is 0 Å². The van der Waals surface area contributed by atoms with Gasteiger partial charge in [-0.05, 0) is 23.8 Å². The molecule has 17 heavy (non-hydrogen) atoms. The zero-order chi connectivity index (χ0) is 12.1. The van der Waals surface area contributed by atoms with Gasteiger partial charge < -0.3 is 4.74 Å². The summed E-state index contributed by atoms with van der Waals surface area (Å²) in [6.45, 7) is 0.503. The first-order chi connectivity index (χ1) is 8.31. The van der Waals surface area contributed by atoms with Crippen LogP contribution in [0.3, 0.4) is 0 Å². The van der Waals surface area contributed by atoms with Crippen LogP contribution < -0.4 is 0 Å².